The van der Waals surface area contributed by atoms with Crippen molar-refractivity contribution in [3.8, 4) is 0 Å². The summed E-state index contributed by atoms with van der Waals surface area (Å²) in [5.74, 6) is -0.544. The Morgan fingerprint density at radius 3 is 2.12 bits per heavy atom. The van der Waals surface area contributed by atoms with Gasteiger partial charge in [-0.05, 0) is 26.8 Å². The largest absolute Gasteiger partial charge is 0.481 e. The standard InChI is InChI=1S/C13H20N2O2/c1-8-7-9(12(2,3)4)15-10(14-8)13(5,6)11(16)17/h7H,1-6H3,(H,16,17). The van der Waals surface area contributed by atoms with Gasteiger partial charge in [-0.2, -0.15) is 0 Å². The highest BCUT2D eigenvalue weighted by Gasteiger charge is 2.34. The van der Waals surface area contributed by atoms with Crippen molar-refractivity contribution < 1.29 is 9.90 Å². The van der Waals surface area contributed by atoms with E-state index in [1.54, 1.807) is 13.8 Å². The highest BCUT2D eigenvalue weighted by Crippen LogP contribution is 2.25. The van der Waals surface area contributed by atoms with E-state index in [2.05, 4.69) is 9.97 Å². The van der Waals surface area contributed by atoms with E-state index < -0.39 is 11.4 Å². The first-order chi connectivity index (χ1) is 7.55. The van der Waals surface area contributed by atoms with Crippen LogP contribution in [0.25, 0.3) is 0 Å². The molecule has 1 heterocycles. The smallest absolute Gasteiger partial charge is 0.316 e. The van der Waals surface area contributed by atoms with Crippen molar-refractivity contribution in [1.82, 2.24) is 9.97 Å². The quantitative estimate of drug-likeness (QED) is 0.856. The lowest BCUT2D eigenvalue weighted by molar-refractivity contribution is -0.142. The zero-order valence-corrected chi connectivity index (χ0v) is 11.3. The minimum absolute atomic E-state index is 0.114. The Bertz CT molecular complexity index is 445. The highest BCUT2D eigenvalue weighted by atomic mass is 16.4. The lowest BCUT2D eigenvalue weighted by atomic mass is 9.89. The number of nitrogens with zero attached hydrogens (tertiary/aromatic N) is 2. The first kappa shape index (κ1) is 13.6. The van der Waals surface area contributed by atoms with Gasteiger partial charge in [-0.25, -0.2) is 9.97 Å². The maximum absolute atomic E-state index is 11.2. The summed E-state index contributed by atoms with van der Waals surface area (Å²) in [6.07, 6.45) is 0. The number of carboxylic acids is 1. The Morgan fingerprint density at radius 1 is 1.18 bits per heavy atom. The van der Waals surface area contributed by atoms with Gasteiger partial charge >= 0.3 is 5.97 Å². The number of aryl methyl sites for hydroxylation is 1. The Kier molecular flexibility index (Phi) is 3.28. The van der Waals surface area contributed by atoms with Crippen LogP contribution in [0.5, 0.6) is 0 Å². The zero-order chi connectivity index (χ0) is 13.4. The fraction of sp³-hybridized carbons (Fsp3) is 0.615. The SMILES string of the molecule is Cc1cc(C(C)(C)C)nc(C(C)(C)C(=O)O)n1. The number of aromatic nitrogens is 2. The third-order valence-corrected chi connectivity index (χ3v) is 2.72. The fourth-order valence-electron chi connectivity index (χ4n) is 1.33. The van der Waals surface area contributed by atoms with Crippen LogP contribution >= 0.6 is 0 Å². The third-order valence-electron chi connectivity index (χ3n) is 2.72. The van der Waals surface area contributed by atoms with E-state index in [1.165, 1.54) is 0 Å². The first-order valence-corrected chi connectivity index (χ1v) is 5.65. The van der Waals surface area contributed by atoms with Crippen LogP contribution in [0.1, 0.15) is 51.8 Å². The molecule has 0 amide bonds. The molecule has 0 atom stereocenters. The van der Waals surface area contributed by atoms with Gasteiger partial charge in [-0.3, -0.25) is 4.79 Å². The highest BCUT2D eigenvalue weighted by molar-refractivity contribution is 5.78. The summed E-state index contributed by atoms with van der Waals surface area (Å²) in [6.45, 7) is 11.2. The van der Waals surface area contributed by atoms with Crippen molar-refractivity contribution in [2.45, 2.75) is 52.4 Å². The normalized spacial score (nSPS) is 12.6. The van der Waals surface area contributed by atoms with Gasteiger partial charge in [0.1, 0.15) is 11.2 Å². The number of aliphatic carboxylic acids is 1. The van der Waals surface area contributed by atoms with E-state index in [1.807, 2.05) is 33.8 Å². The summed E-state index contributed by atoms with van der Waals surface area (Å²) < 4.78 is 0. The Hall–Kier alpha value is -1.45. The number of carbonyl (C=O) groups is 1. The molecule has 94 valence electrons. The topological polar surface area (TPSA) is 63.1 Å². The van der Waals surface area contributed by atoms with Gasteiger partial charge in [0.15, 0.2) is 0 Å². The molecule has 0 aliphatic heterocycles. The maximum atomic E-state index is 11.2. The molecule has 1 N–H and O–H groups in total. The van der Waals surface area contributed by atoms with Gasteiger partial charge in [-0.1, -0.05) is 20.8 Å². The van der Waals surface area contributed by atoms with E-state index in [4.69, 9.17) is 0 Å². The van der Waals surface area contributed by atoms with Gasteiger partial charge in [0.2, 0.25) is 0 Å². The van der Waals surface area contributed by atoms with Crippen molar-refractivity contribution >= 4 is 5.97 Å². The third kappa shape index (κ3) is 2.81. The minimum Gasteiger partial charge on any atom is -0.481 e. The molecule has 0 radical (unpaired) electrons. The number of hydrogen-bond acceptors (Lipinski definition) is 3. The van der Waals surface area contributed by atoms with Gasteiger partial charge in [0, 0.05) is 16.8 Å². The predicted molar refractivity (Wildman–Crippen MR) is 66.1 cm³/mol. The van der Waals surface area contributed by atoms with E-state index >= 15 is 0 Å². The molecule has 1 aromatic rings. The van der Waals surface area contributed by atoms with Crippen LogP contribution in [-0.2, 0) is 15.6 Å². The van der Waals surface area contributed by atoms with Crippen molar-refractivity contribution in [1.29, 1.82) is 0 Å². The van der Waals surface area contributed by atoms with E-state index in [0.717, 1.165) is 11.4 Å². The molecule has 0 saturated carbocycles. The number of rotatable bonds is 2. The van der Waals surface area contributed by atoms with Crippen LogP contribution < -0.4 is 0 Å². The average Bonchev–Trinajstić information content (AvgIpc) is 2.15. The van der Waals surface area contributed by atoms with Crippen molar-refractivity contribution in [2.24, 2.45) is 0 Å². The van der Waals surface area contributed by atoms with E-state index in [9.17, 15) is 9.90 Å². The Morgan fingerprint density at radius 2 is 1.71 bits per heavy atom. The van der Waals surface area contributed by atoms with Crippen LogP contribution in [0, 0.1) is 6.92 Å². The van der Waals surface area contributed by atoms with Gasteiger partial charge in [0.25, 0.3) is 0 Å². The minimum atomic E-state index is -1.06. The molecule has 0 bridgehead atoms. The molecule has 0 unspecified atom stereocenters. The molecule has 1 rings (SSSR count). The Labute approximate surface area is 102 Å². The second-order valence-electron chi connectivity index (χ2n) is 5.90. The second-order valence-corrected chi connectivity index (χ2v) is 5.90. The van der Waals surface area contributed by atoms with Crippen molar-refractivity contribution in [3.05, 3.63) is 23.3 Å². The summed E-state index contributed by atoms with van der Waals surface area (Å²) in [5, 5.41) is 9.20. The fourth-order valence-corrected chi connectivity index (χ4v) is 1.33. The lowest BCUT2D eigenvalue weighted by Crippen LogP contribution is -2.32. The summed E-state index contributed by atoms with van der Waals surface area (Å²) in [6, 6.07) is 1.90. The molecule has 0 spiro atoms. The molecule has 4 nitrogen and oxygen atoms in total. The maximum Gasteiger partial charge on any atom is 0.316 e. The van der Waals surface area contributed by atoms with E-state index in [-0.39, 0.29) is 5.41 Å². The molecule has 0 fully saturated rings. The lowest BCUT2D eigenvalue weighted by Gasteiger charge is -2.23. The monoisotopic (exact) mass is 236 g/mol. The molecule has 0 aromatic carbocycles. The molecule has 0 aliphatic carbocycles. The molecular weight excluding hydrogens is 216 g/mol. The average molecular weight is 236 g/mol. The Balaban J connectivity index is 3.38. The van der Waals surface area contributed by atoms with Crippen LogP contribution in [0.3, 0.4) is 0 Å². The summed E-state index contributed by atoms with van der Waals surface area (Å²) >= 11 is 0. The molecular formula is C13H20N2O2. The van der Waals surface area contributed by atoms with Gasteiger partial charge < -0.3 is 5.11 Å². The van der Waals surface area contributed by atoms with Crippen LogP contribution in [0.15, 0.2) is 6.07 Å². The van der Waals surface area contributed by atoms with Crippen LogP contribution in [0.4, 0.5) is 0 Å². The summed E-state index contributed by atoms with van der Waals surface area (Å²) in [5.41, 5.74) is 0.492. The zero-order valence-electron chi connectivity index (χ0n) is 11.3. The molecule has 17 heavy (non-hydrogen) atoms. The first-order valence-electron chi connectivity index (χ1n) is 5.65. The van der Waals surface area contributed by atoms with Crippen LogP contribution in [-0.4, -0.2) is 21.0 Å². The molecule has 1 aromatic heterocycles. The summed E-state index contributed by atoms with van der Waals surface area (Å²) in [4.78, 5) is 19.9. The number of carboxylic acid groups (broad SMARTS) is 1. The van der Waals surface area contributed by atoms with Gasteiger partial charge in [0.05, 0.1) is 0 Å². The van der Waals surface area contributed by atoms with E-state index in [0.29, 0.717) is 5.82 Å². The molecule has 0 aliphatic rings. The second kappa shape index (κ2) is 4.09. The predicted octanol–water partition coefficient (Wildman–Crippen LogP) is 2.44. The van der Waals surface area contributed by atoms with Crippen LogP contribution in [0.2, 0.25) is 0 Å². The molecule has 0 saturated heterocycles. The number of hydrogen-bond donors (Lipinski definition) is 1. The van der Waals surface area contributed by atoms with Gasteiger partial charge in [-0.15, -0.1) is 0 Å². The summed E-state index contributed by atoms with van der Waals surface area (Å²) in [7, 11) is 0. The van der Waals surface area contributed by atoms with Crippen molar-refractivity contribution in [2.75, 3.05) is 0 Å². The van der Waals surface area contributed by atoms with Crippen molar-refractivity contribution in [3.63, 3.8) is 0 Å². The molecule has 4 heteroatoms.